The summed E-state index contributed by atoms with van der Waals surface area (Å²) >= 11 is 0. The van der Waals surface area contributed by atoms with E-state index in [2.05, 4.69) is 12.2 Å². The molecule has 0 spiro atoms. The van der Waals surface area contributed by atoms with E-state index in [1.165, 1.54) is 0 Å². The van der Waals surface area contributed by atoms with Gasteiger partial charge in [0.25, 0.3) is 0 Å². The van der Waals surface area contributed by atoms with E-state index in [1.807, 2.05) is 0 Å². The average molecular weight is 260 g/mol. The molecule has 0 radical (unpaired) electrons. The van der Waals surface area contributed by atoms with Gasteiger partial charge in [0.1, 0.15) is 0 Å². The predicted octanol–water partition coefficient (Wildman–Crippen LogP) is 0.283. The number of nitrogens with one attached hydrogen (secondary N) is 1. The largest absolute Gasteiger partial charge is 0.462 e. The second kappa shape index (κ2) is 8.88. The van der Waals surface area contributed by atoms with Crippen molar-refractivity contribution in [3.63, 3.8) is 0 Å². The van der Waals surface area contributed by atoms with Gasteiger partial charge in [-0.2, -0.15) is 0 Å². The van der Waals surface area contributed by atoms with Crippen molar-refractivity contribution >= 4 is 11.9 Å². The zero-order valence-electron chi connectivity index (χ0n) is 11.2. The molecule has 0 rings (SSSR count). The number of amides is 1. The van der Waals surface area contributed by atoms with Crippen molar-refractivity contribution in [3.05, 3.63) is 0 Å². The van der Waals surface area contributed by atoms with E-state index in [0.717, 1.165) is 19.3 Å². The van der Waals surface area contributed by atoms with Crippen LogP contribution in [0.5, 0.6) is 0 Å². The molecule has 0 heterocycles. The molecule has 0 fully saturated rings. The third-order valence-electron chi connectivity index (χ3n) is 2.54. The van der Waals surface area contributed by atoms with Gasteiger partial charge in [-0.3, -0.25) is 4.79 Å². The van der Waals surface area contributed by atoms with Gasteiger partial charge in [0.15, 0.2) is 0 Å². The van der Waals surface area contributed by atoms with Gasteiger partial charge in [0.2, 0.25) is 11.6 Å². The average Bonchev–Trinajstić information content (AvgIpc) is 2.35. The van der Waals surface area contributed by atoms with Crippen LogP contribution in [0.3, 0.4) is 0 Å². The van der Waals surface area contributed by atoms with Crippen molar-refractivity contribution in [1.82, 2.24) is 5.32 Å². The van der Waals surface area contributed by atoms with Crippen LogP contribution in [0.2, 0.25) is 0 Å². The lowest BCUT2D eigenvalue weighted by molar-refractivity contribution is -0.172. The number of nitrogens with two attached hydrogens (primary N) is 1. The molecular weight excluding hydrogens is 236 g/mol. The zero-order chi connectivity index (χ0) is 14.0. The Hall–Kier alpha value is -1.14. The number of hydrogen-bond acceptors (Lipinski definition) is 5. The third kappa shape index (κ3) is 5.97. The molecule has 18 heavy (non-hydrogen) atoms. The van der Waals surface area contributed by atoms with Crippen molar-refractivity contribution < 1.29 is 19.4 Å². The van der Waals surface area contributed by atoms with Gasteiger partial charge in [0, 0.05) is 6.42 Å². The quantitative estimate of drug-likeness (QED) is 0.314. The van der Waals surface area contributed by atoms with Crippen LogP contribution in [-0.4, -0.2) is 35.9 Å². The minimum Gasteiger partial charge on any atom is -0.462 e. The van der Waals surface area contributed by atoms with Gasteiger partial charge in [-0.15, -0.1) is 0 Å². The molecular formula is C12H24N2O4. The maximum Gasteiger partial charge on any atom is 0.359 e. The molecule has 1 atom stereocenters. The summed E-state index contributed by atoms with van der Waals surface area (Å²) in [6, 6.07) is 0. The fourth-order valence-corrected chi connectivity index (χ4v) is 1.56. The monoisotopic (exact) mass is 260 g/mol. The molecule has 0 aliphatic carbocycles. The molecule has 0 aromatic carbocycles. The van der Waals surface area contributed by atoms with E-state index >= 15 is 0 Å². The molecule has 1 amide bonds. The van der Waals surface area contributed by atoms with E-state index in [4.69, 9.17) is 10.5 Å². The molecule has 6 nitrogen and oxygen atoms in total. The lowest BCUT2D eigenvalue weighted by Gasteiger charge is -2.26. The summed E-state index contributed by atoms with van der Waals surface area (Å²) in [7, 11) is 0. The van der Waals surface area contributed by atoms with Crippen LogP contribution in [0.15, 0.2) is 0 Å². The maximum absolute atomic E-state index is 11.7. The summed E-state index contributed by atoms with van der Waals surface area (Å²) in [6.07, 6.45) is 3.72. The second-order valence-corrected chi connectivity index (χ2v) is 4.14. The lowest BCUT2D eigenvalue weighted by Crippen LogP contribution is -2.56. The van der Waals surface area contributed by atoms with Crippen LogP contribution in [0.4, 0.5) is 0 Å². The maximum atomic E-state index is 11.7. The molecule has 0 aromatic heterocycles. The Balaban J connectivity index is 4.48. The van der Waals surface area contributed by atoms with Gasteiger partial charge >= 0.3 is 5.97 Å². The predicted molar refractivity (Wildman–Crippen MR) is 67.5 cm³/mol. The number of rotatable bonds is 9. The highest BCUT2D eigenvalue weighted by Crippen LogP contribution is 2.15. The topological polar surface area (TPSA) is 102 Å². The molecule has 1 unspecified atom stereocenters. The first-order valence-electron chi connectivity index (χ1n) is 6.40. The fraction of sp³-hybridized carbons (Fsp3) is 0.833. The van der Waals surface area contributed by atoms with Crippen LogP contribution in [0.1, 0.15) is 46.0 Å². The summed E-state index contributed by atoms with van der Waals surface area (Å²) in [5.41, 5.74) is 3.20. The Labute approximate surface area is 108 Å². The number of aliphatic hydroxyl groups is 1. The number of unbranched alkanes of at least 4 members (excludes halogenated alkanes) is 3. The Morgan fingerprint density at radius 1 is 1.28 bits per heavy atom. The van der Waals surface area contributed by atoms with Gasteiger partial charge in [-0.25, -0.2) is 4.79 Å². The number of carbonyl (C=O) groups excluding carboxylic acids is 2. The van der Waals surface area contributed by atoms with Crippen LogP contribution >= 0.6 is 0 Å². The minimum atomic E-state index is -1.96. The van der Waals surface area contributed by atoms with Crippen molar-refractivity contribution in [2.45, 2.75) is 51.7 Å². The van der Waals surface area contributed by atoms with E-state index in [-0.39, 0.29) is 19.6 Å². The SMILES string of the molecule is CCCCCCC(O)(NC(=O)CN)C(=O)OCC. The first kappa shape index (κ1) is 16.9. The Kier molecular flexibility index (Phi) is 8.32. The minimum absolute atomic E-state index is 0.136. The highest BCUT2D eigenvalue weighted by molar-refractivity contribution is 5.87. The summed E-state index contributed by atoms with van der Waals surface area (Å²) in [4.78, 5) is 22.9. The highest BCUT2D eigenvalue weighted by atomic mass is 16.6. The number of ether oxygens (including phenoxy) is 1. The third-order valence-corrected chi connectivity index (χ3v) is 2.54. The van der Waals surface area contributed by atoms with Crippen molar-refractivity contribution in [3.8, 4) is 0 Å². The molecule has 0 aromatic rings. The molecule has 4 N–H and O–H groups in total. The van der Waals surface area contributed by atoms with Crippen molar-refractivity contribution in [2.24, 2.45) is 5.73 Å². The molecule has 0 saturated heterocycles. The Bertz CT molecular complexity index is 271. The zero-order valence-corrected chi connectivity index (χ0v) is 11.2. The molecule has 6 heteroatoms. The Morgan fingerprint density at radius 3 is 2.44 bits per heavy atom. The van der Waals surface area contributed by atoms with Gasteiger partial charge in [-0.1, -0.05) is 26.2 Å². The first-order chi connectivity index (χ1) is 8.50. The standard InChI is InChI=1S/C12H24N2O4/c1-3-5-6-7-8-12(17,11(16)18-4-2)14-10(15)9-13/h17H,3-9,13H2,1-2H3,(H,14,15). The van der Waals surface area contributed by atoms with Crippen LogP contribution in [0.25, 0.3) is 0 Å². The smallest absolute Gasteiger partial charge is 0.359 e. The van der Waals surface area contributed by atoms with E-state index in [9.17, 15) is 14.7 Å². The van der Waals surface area contributed by atoms with E-state index < -0.39 is 17.6 Å². The van der Waals surface area contributed by atoms with Crippen LogP contribution < -0.4 is 11.1 Å². The highest BCUT2D eigenvalue weighted by Gasteiger charge is 2.38. The first-order valence-corrected chi connectivity index (χ1v) is 6.40. The molecule has 0 aliphatic heterocycles. The summed E-state index contributed by atoms with van der Waals surface area (Å²) in [6.45, 7) is 3.57. The van der Waals surface area contributed by atoms with Crippen LogP contribution in [0, 0.1) is 0 Å². The normalized spacial score (nSPS) is 13.8. The number of carbonyl (C=O) groups is 2. The van der Waals surface area contributed by atoms with Gasteiger partial charge < -0.3 is 20.9 Å². The van der Waals surface area contributed by atoms with Crippen molar-refractivity contribution in [1.29, 1.82) is 0 Å². The van der Waals surface area contributed by atoms with Crippen LogP contribution in [-0.2, 0) is 14.3 Å². The van der Waals surface area contributed by atoms with Gasteiger partial charge in [-0.05, 0) is 13.3 Å². The summed E-state index contributed by atoms with van der Waals surface area (Å²) in [5, 5.41) is 12.4. The molecule has 0 saturated carbocycles. The Morgan fingerprint density at radius 2 is 1.94 bits per heavy atom. The number of esters is 1. The fourth-order valence-electron chi connectivity index (χ4n) is 1.56. The summed E-state index contributed by atoms with van der Waals surface area (Å²) < 4.78 is 4.76. The number of hydrogen-bond donors (Lipinski definition) is 3. The van der Waals surface area contributed by atoms with E-state index in [1.54, 1.807) is 6.92 Å². The summed E-state index contributed by atoms with van der Waals surface area (Å²) in [5.74, 6) is -1.41. The molecule has 106 valence electrons. The van der Waals surface area contributed by atoms with Gasteiger partial charge in [0.05, 0.1) is 13.2 Å². The lowest BCUT2D eigenvalue weighted by atomic mass is 10.0. The molecule has 0 aliphatic rings. The van der Waals surface area contributed by atoms with Crippen molar-refractivity contribution in [2.75, 3.05) is 13.2 Å². The second-order valence-electron chi connectivity index (χ2n) is 4.14. The van der Waals surface area contributed by atoms with E-state index in [0.29, 0.717) is 6.42 Å². The molecule has 0 bridgehead atoms.